The third-order valence-corrected chi connectivity index (χ3v) is 3.80. The van der Waals surface area contributed by atoms with Crippen molar-refractivity contribution in [2.75, 3.05) is 0 Å². The average Bonchev–Trinajstić information content (AvgIpc) is 2.48. The molecule has 0 bridgehead atoms. The summed E-state index contributed by atoms with van der Waals surface area (Å²) in [6, 6.07) is 0. The summed E-state index contributed by atoms with van der Waals surface area (Å²) in [6.45, 7) is 4.10. The molecule has 1 N–H and O–H groups in total. The Morgan fingerprint density at radius 1 is 1.08 bits per heavy atom. The van der Waals surface area contributed by atoms with Gasteiger partial charge in [-0.1, -0.05) is 31.4 Å². The van der Waals surface area contributed by atoms with Crippen LogP contribution in [0, 0.1) is 11.8 Å². The van der Waals surface area contributed by atoms with E-state index < -0.39 is 0 Å². The van der Waals surface area contributed by atoms with Crippen molar-refractivity contribution in [2.45, 2.75) is 51.0 Å². The highest BCUT2D eigenvalue weighted by Gasteiger charge is 2.35. The lowest BCUT2D eigenvalue weighted by Gasteiger charge is -2.30. The van der Waals surface area contributed by atoms with E-state index in [-0.39, 0.29) is 6.10 Å². The summed E-state index contributed by atoms with van der Waals surface area (Å²) in [4.78, 5) is 0. The summed E-state index contributed by atoms with van der Waals surface area (Å²) < 4.78 is 0. The smallest absolute Gasteiger partial charge is 0.0611 e. The van der Waals surface area contributed by atoms with Crippen molar-refractivity contribution in [3.8, 4) is 0 Å². The van der Waals surface area contributed by atoms with E-state index in [9.17, 15) is 5.11 Å². The van der Waals surface area contributed by atoms with Crippen LogP contribution in [0.4, 0.5) is 0 Å². The Hall–Kier alpha value is -0.300. The van der Waals surface area contributed by atoms with E-state index in [0.717, 1.165) is 18.8 Å². The standard InChI is InChI=1S/C12H20O/c1-9-7-8-11(13)12(9)10-5-3-2-4-6-10/h10-13H,1-8H2. The predicted molar refractivity (Wildman–Crippen MR) is 54.4 cm³/mol. The Balaban J connectivity index is 2.00. The van der Waals surface area contributed by atoms with Crippen LogP contribution in [0.2, 0.25) is 0 Å². The Morgan fingerprint density at radius 2 is 1.77 bits per heavy atom. The second-order valence-corrected chi connectivity index (χ2v) is 4.69. The fraction of sp³-hybridized carbons (Fsp3) is 0.833. The lowest BCUT2D eigenvalue weighted by Crippen LogP contribution is -2.25. The molecule has 0 saturated heterocycles. The monoisotopic (exact) mass is 180 g/mol. The van der Waals surface area contributed by atoms with Crippen molar-refractivity contribution < 1.29 is 5.11 Å². The Labute approximate surface area is 80.8 Å². The molecular formula is C12H20O. The van der Waals surface area contributed by atoms with Crippen molar-refractivity contribution in [1.82, 2.24) is 0 Å². The predicted octanol–water partition coefficient (Wildman–Crippen LogP) is 2.89. The number of rotatable bonds is 1. The van der Waals surface area contributed by atoms with E-state index in [1.54, 1.807) is 0 Å². The van der Waals surface area contributed by atoms with Gasteiger partial charge in [0.25, 0.3) is 0 Å². The highest BCUT2D eigenvalue weighted by Crippen LogP contribution is 2.41. The van der Waals surface area contributed by atoms with Crippen LogP contribution in [0.5, 0.6) is 0 Å². The highest BCUT2D eigenvalue weighted by atomic mass is 16.3. The first-order valence-electron chi connectivity index (χ1n) is 5.65. The maximum Gasteiger partial charge on any atom is 0.0611 e. The molecule has 0 amide bonds. The molecular weight excluding hydrogens is 160 g/mol. The molecule has 74 valence electrons. The first kappa shape index (κ1) is 9.26. The summed E-state index contributed by atoms with van der Waals surface area (Å²) in [7, 11) is 0. The van der Waals surface area contributed by atoms with Crippen molar-refractivity contribution in [3.05, 3.63) is 12.2 Å². The minimum Gasteiger partial charge on any atom is -0.392 e. The molecule has 0 aromatic heterocycles. The minimum absolute atomic E-state index is 0.0735. The van der Waals surface area contributed by atoms with Gasteiger partial charge in [-0.05, 0) is 31.6 Å². The van der Waals surface area contributed by atoms with Gasteiger partial charge in [0.1, 0.15) is 0 Å². The van der Waals surface area contributed by atoms with E-state index in [0.29, 0.717) is 5.92 Å². The summed E-state index contributed by atoms with van der Waals surface area (Å²) >= 11 is 0. The third kappa shape index (κ3) is 1.80. The fourth-order valence-corrected chi connectivity index (χ4v) is 3.09. The largest absolute Gasteiger partial charge is 0.392 e. The SMILES string of the molecule is C=C1CCC(O)C1C1CCCCC1. The maximum absolute atomic E-state index is 9.85. The molecule has 1 nitrogen and oxygen atoms in total. The van der Waals surface area contributed by atoms with E-state index in [2.05, 4.69) is 6.58 Å². The van der Waals surface area contributed by atoms with Gasteiger partial charge in [-0.3, -0.25) is 0 Å². The van der Waals surface area contributed by atoms with E-state index in [1.807, 2.05) is 0 Å². The number of hydrogen-bond donors (Lipinski definition) is 1. The molecule has 1 heteroatoms. The van der Waals surface area contributed by atoms with Gasteiger partial charge in [0, 0.05) is 5.92 Å². The molecule has 2 aliphatic carbocycles. The number of aliphatic hydroxyl groups excluding tert-OH is 1. The Bertz CT molecular complexity index is 191. The molecule has 0 spiro atoms. The summed E-state index contributed by atoms with van der Waals surface area (Å²) in [5, 5.41) is 9.85. The first-order chi connectivity index (χ1) is 6.29. The normalized spacial score (nSPS) is 36.8. The highest BCUT2D eigenvalue weighted by molar-refractivity contribution is 5.11. The maximum atomic E-state index is 9.85. The molecule has 2 aliphatic rings. The van der Waals surface area contributed by atoms with Crippen LogP contribution in [0.3, 0.4) is 0 Å². The Kier molecular flexibility index (Phi) is 2.73. The molecule has 0 heterocycles. The van der Waals surface area contributed by atoms with Crippen molar-refractivity contribution >= 4 is 0 Å². The van der Waals surface area contributed by atoms with Crippen LogP contribution < -0.4 is 0 Å². The minimum atomic E-state index is -0.0735. The van der Waals surface area contributed by atoms with Gasteiger partial charge < -0.3 is 5.11 Å². The molecule has 0 aliphatic heterocycles. The van der Waals surface area contributed by atoms with Gasteiger partial charge in [-0.15, -0.1) is 0 Å². The molecule has 0 aromatic carbocycles. The van der Waals surface area contributed by atoms with Gasteiger partial charge in [0.15, 0.2) is 0 Å². The van der Waals surface area contributed by atoms with Crippen molar-refractivity contribution in [1.29, 1.82) is 0 Å². The first-order valence-corrected chi connectivity index (χ1v) is 5.65. The molecule has 0 radical (unpaired) electrons. The molecule has 2 rings (SSSR count). The summed E-state index contributed by atoms with van der Waals surface area (Å²) in [6.07, 6.45) is 8.70. The molecule has 2 atom stereocenters. The van der Waals surface area contributed by atoms with Crippen LogP contribution in [-0.4, -0.2) is 11.2 Å². The second kappa shape index (κ2) is 3.83. The van der Waals surface area contributed by atoms with E-state index in [4.69, 9.17) is 0 Å². The summed E-state index contributed by atoms with van der Waals surface area (Å²) in [5.74, 6) is 1.19. The lowest BCUT2D eigenvalue weighted by molar-refractivity contribution is 0.0968. The van der Waals surface area contributed by atoms with Crippen LogP contribution >= 0.6 is 0 Å². The lowest BCUT2D eigenvalue weighted by atomic mass is 9.77. The van der Waals surface area contributed by atoms with Gasteiger partial charge in [0.05, 0.1) is 6.10 Å². The van der Waals surface area contributed by atoms with E-state index in [1.165, 1.54) is 37.7 Å². The zero-order valence-electron chi connectivity index (χ0n) is 8.34. The molecule has 2 saturated carbocycles. The van der Waals surface area contributed by atoms with Crippen LogP contribution in [0.1, 0.15) is 44.9 Å². The molecule has 2 fully saturated rings. The molecule has 13 heavy (non-hydrogen) atoms. The van der Waals surface area contributed by atoms with Crippen LogP contribution in [0.25, 0.3) is 0 Å². The zero-order valence-corrected chi connectivity index (χ0v) is 8.34. The molecule has 0 aromatic rings. The third-order valence-electron chi connectivity index (χ3n) is 3.80. The quantitative estimate of drug-likeness (QED) is 0.615. The fourth-order valence-electron chi connectivity index (χ4n) is 3.09. The average molecular weight is 180 g/mol. The second-order valence-electron chi connectivity index (χ2n) is 4.69. The van der Waals surface area contributed by atoms with Crippen LogP contribution in [-0.2, 0) is 0 Å². The topological polar surface area (TPSA) is 20.2 Å². The number of aliphatic hydroxyl groups is 1. The number of hydrogen-bond acceptors (Lipinski definition) is 1. The molecule has 2 unspecified atom stereocenters. The van der Waals surface area contributed by atoms with Gasteiger partial charge >= 0.3 is 0 Å². The zero-order chi connectivity index (χ0) is 9.26. The van der Waals surface area contributed by atoms with E-state index >= 15 is 0 Å². The van der Waals surface area contributed by atoms with Crippen molar-refractivity contribution in [3.63, 3.8) is 0 Å². The van der Waals surface area contributed by atoms with Gasteiger partial charge in [-0.25, -0.2) is 0 Å². The van der Waals surface area contributed by atoms with Gasteiger partial charge in [-0.2, -0.15) is 0 Å². The van der Waals surface area contributed by atoms with Gasteiger partial charge in [0.2, 0.25) is 0 Å². The van der Waals surface area contributed by atoms with Crippen LogP contribution in [0.15, 0.2) is 12.2 Å². The Morgan fingerprint density at radius 3 is 2.31 bits per heavy atom. The van der Waals surface area contributed by atoms with Crippen molar-refractivity contribution in [2.24, 2.45) is 11.8 Å². The summed E-state index contributed by atoms with van der Waals surface area (Å²) in [5.41, 5.74) is 1.32.